The smallest absolute Gasteiger partial charge is 0.342 e. The maximum absolute atomic E-state index is 13.1. The number of nitrogens with zero attached hydrogens (tertiary/aromatic N) is 1. The molecular formula is C14H23F3N2O. The minimum atomic E-state index is -4.25. The van der Waals surface area contributed by atoms with Gasteiger partial charge in [-0.15, -0.1) is 0 Å². The molecule has 1 aliphatic carbocycles. The van der Waals surface area contributed by atoms with Gasteiger partial charge in [-0.3, -0.25) is 4.79 Å². The lowest BCUT2D eigenvalue weighted by atomic mass is 9.77. The first-order chi connectivity index (χ1) is 9.43. The zero-order chi connectivity index (χ0) is 14.8. The van der Waals surface area contributed by atoms with E-state index in [0.717, 1.165) is 19.3 Å². The van der Waals surface area contributed by atoms with Crippen LogP contribution in [0.15, 0.2) is 0 Å². The third-order valence-electron chi connectivity index (χ3n) is 4.72. The number of piperidine rings is 1. The second kappa shape index (κ2) is 6.33. The van der Waals surface area contributed by atoms with Crippen LogP contribution in [0.2, 0.25) is 0 Å². The van der Waals surface area contributed by atoms with E-state index in [1.807, 2.05) is 7.05 Å². The highest BCUT2D eigenvalue weighted by Crippen LogP contribution is 2.42. The average molecular weight is 292 g/mol. The first-order valence-electron chi connectivity index (χ1n) is 7.46. The number of carbonyl (C=O) groups is 1. The Morgan fingerprint density at radius 1 is 1.10 bits per heavy atom. The molecule has 0 radical (unpaired) electrons. The highest BCUT2D eigenvalue weighted by Gasteiger charge is 2.49. The summed E-state index contributed by atoms with van der Waals surface area (Å²) >= 11 is 0. The predicted octanol–water partition coefficient (Wildman–Crippen LogP) is 2.57. The first kappa shape index (κ1) is 15.6. The molecule has 3 nitrogen and oxygen atoms in total. The van der Waals surface area contributed by atoms with Gasteiger partial charge in [0.05, 0.1) is 5.92 Å². The molecule has 1 saturated heterocycles. The highest BCUT2D eigenvalue weighted by molar-refractivity contribution is 5.79. The molecule has 1 amide bonds. The van der Waals surface area contributed by atoms with Crippen molar-refractivity contribution < 1.29 is 18.0 Å². The maximum atomic E-state index is 13.1. The summed E-state index contributed by atoms with van der Waals surface area (Å²) in [4.78, 5) is 14.1. The van der Waals surface area contributed by atoms with Gasteiger partial charge in [-0.05, 0) is 32.7 Å². The van der Waals surface area contributed by atoms with E-state index in [-0.39, 0.29) is 12.3 Å². The molecule has 0 aromatic carbocycles. The number of carbonyl (C=O) groups excluding carboxylic acids is 1. The van der Waals surface area contributed by atoms with Crippen molar-refractivity contribution in [3.63, 3.8) is 0 Å². The van der Waals surface area contributed by atoms with E-state index in [1.54, 1.807) is 4.90 Å². The number of amides is 1. The van der Waals surface area contributed by atoms with Gasteiger partial charge < -0.3 is 10.2 Å². The maximum Gasteiger partial charge on any atom is 0.392 e. The van der Waals surface area contributed by atoms with E-state index in [2.05, 4.69) is 5.32 Å². The zero-order valence-electron chi connectivity index (χ0n) is 11.9. The summed E-state index contributed by atoms with van der Waals surface area (Å²) in [5.41, 5.74) is 0. The van der Waals surface area contributed by atoms with Crippen molar-refractivity contribution in [1.82, 2.24) is 10.2 Å². The molecule has 1 aliphatic heterocycles. The van der Waals surface area contributed by atoms with E-state index < -0.39 is 18.0 Å². The summed E-state index contributed by atoms with van der Waals surface area (Å²) in [6.45, 7) is 1.15. The van der Waals surface area contributed by atoms with Crippen LogP contribution in [0.4, 0.5) is 13.2 Å². The average Bonchev–Trinajstić information content (AvgIpc) is 2.46. The van der Waals surface area contributed by atoms with Gasteiger partial charge in [0.25, 0.3) is 0 Å². The van der Waals surface area contributed by atoms with E-state index in [0.29, 0.717) is 32.0 Å². The van der Waals surface area contributed by atoms with Crippen LogP contribution in [-0.4, -0.2) is 43.2 Å². The van der Waals surface area contributed by atoms with Crippen molar-refractivity contribution in [3.05, 3.63) is 0 Å². The molecule has 2 rings (SSSR count). The van der Waals surface area contributed by atoms with Crippen molar-refractivity contribution in [3.8, 4) is 0 Å². The Kier molecular flexibility index (Phi) is 4.94. The van der Waals surface area contributed by atoms with Gasteiger partial charge in [0.2, 0.25) is 5.91 Å². The highest BCUT2D eigenvalue weighted by atomic mass is 19.4. The van der Waals surface area contributed by atoms with Gasteiger partial charge in [-0.25, -0.2) is 0 Å². The molecule has 2 aliphatic rings. The van der Waals surface area contributed by atoms with Crippen LogP contribution in [0.5, 0.6) is 0 Å². The number of rotatable bonds is 2. The summed E-state index contributed by atoms with van der Waals surface area (Å²) < 4.78 is 39.2. The number of likely N-dealkylation sites (tertiary alicyclic amines) is 1. The number of halogens is 3. The first-order valence-corrected chi connectivity index (χ1v) is 7.46. The Hall–Kier alpha value is -0.780. The standard InChI is InChI=1S/C14H23F3N2O/c1-18-10-6-8-19(9-7-10)13(20)11-4-2-3-5-12(11)14(15,16)17/h10-12,18H,2-9H2,1H3. The lowest BCUT2D eigenvalue weighted by molar-refractivity contribution is -0.201. The molecule has 2 atom stereocenters. The van der Waals surface area contributed by atoms with E-state index >= 15 is 0 Å². The minimum absolute atomic E-state index is 0.104. The molecule has 2 fully saturated rings. The summed E-state index contributed by atoms with van der Waals surface area (Å²) in [5.74, 6) is -2.57. The van der Waals surface area contributed by atoms with Crippen molar-refractivity contribution >= 4 is 5.91 Å². The molecule has 1 N–H and O–H groups in total. The molecule has 0 spiro atoms. The summed E-state index contributed by atoms with van der Waals surface area (Å²) in [7, 11) is 1.88. The summed E-state index contributed by atoms with van der Waals surface area (Å²) in [6.07, 6.45) is -0.797. The zero-order valence-corrected chi connectivity index (χ0v) is 11.9. The van der Waals surface area contributed by atoms with Gasteiger partial charge in [-0.1, -0.05) is 12.8 Å². The second-order valence-corrected chi connectivity index (χ2v) is 5.93. The van der Waals surface area contributed by atoms with Gasteiger partial charge in [0.15, 0.2) is 0 Å². The van der Waals surface area contributed by atoms with Crippen molar-refractivity contribution in [2.45, 2.75) is 50.7 Å². The quantitative estimate of drug-likeness (QED) is 0.848. The second-order valence-electron chi connectivity index (χ2n) is 5.93. The molecule has 0 bridgehead atoms. The van der Waals surface area contributed by atoms with Crippen LogP contribution in [0.25, 0.3) is 0 Å². The van der Waals surface area contributed by atoms with Crippen molar-refractivity contribution in [2.75, 3.05) is 20.1 Å². The third kappa shape index (κ3) is 3.45. The van der Waals surface area contributed by atoms with Gasteiger partial charge >= 0.3 is 6.18 Å². The Bertz CT molecular complexity index is 338. The fourth-order valence-electron chi connectivity index (χ4n) is 3.44. The van der Waals surface area contributed by atoms with Crippen LogP contribution >= 0.6 is 0 Å². The lowest BCUT2D eigenvalue weighted by Gasteiger charge is -2.38. The van der Waals surface area contributed by atoms with Crippen molar-refractivity contribution in [1.29, 1.82) is 0 Å². The molecule has 2 unspecified atom stereocenters. The monoisotopic (exact) mass is 292 g/mol. The Morgan fingerprint density at radius 3 is 2.25 bits per heavy atom. The van der Waals surface area contributed by atoms with Crippen molar-refractivity contribution in [2.24, 2.45) is 11.8 Å². The SMILES string of the molecule is CNC1CCN(C(=O)C2CCCCC2C(F)(F)F)CC1. The topological polar surface area (TPSA) is 32.3 Å². The van der Waals surface area contributed by atoms with Crippen LogP contribution in [0, 0.1) is 11.8 Å². The molecule has 0 aromatic rings. The van der Waals surface area contributed by atoms with Gasteiger partial charge in [0, 0.05) is 25.0 Å². The van der Waals surface area contributed by atoms with E-state index in [4.69, 9.17) is 0 Å². The molecule has 116 valence electrons. The molecule has 1 saturated carbocycles. The predicted molar refractivity (Wildman–Crippen MR) is 70.2 cm³/mol. The lowest BCUT2D eigenvalue weighted by Crippen LogP contribution is -2.49. The van der Waals surface area contributed by atoms with Gasteiger partial charge in [-0.2, -0.15) is 13.2 Å². The Balaban J connectivity index is 2.00. The fourth-order valence-corrected chi connectivity index (χ4v) is 3.44. The Labute approximate surface area is 117 Å². The fraction of sp³-hybridized carbons (Fsp3) is 0.929. The van der Waals surface area contributed by atoms with Crippen LogP contribution in [0.1, 0.15) is 38.5 Å². The number of alkyl halides is 3. The molecule has 0 aromatic heterocycles. The summed E-state index contributed by atoms with van der Waals surface area (Å²) in [6, 6.07) is 0.379. The third-order valence-corrected chi connectivity index (χ3v) is 4.72. The number of hydrogen-bond acceptors (Lipinski definition) is 2. The largest absolute Gasteiger partial charge is 0.392 e. The van der Waals surface area contributed by atoms with Gasteiger partial charge in [0.1, 0.15) is 0 Å². The Morgan fingerprint density at radius 2 is 1.70 bits per heavy atom. The minimum Gasteiger partial charge on any atom is -0.342 e. The van der Waals surface area contributed by atoms with Crippen LogP contribution in [-0.2, 0) is 4.79 Å². The summed E-state index contributed by atoms with van der Waals surface area (Å²) in [5, 5.41) is 3.16. The molecule has 6 heteroatoms. The van der Waals surface area contributed by atoms with Crippen LogP contribution in [0.3, 0.4) is 0 Å². The molecule has 1 heterocycles. The van der Waals surface area contributed by atoms with E-state index in [9.17, 15) is 18.0 Å². The molecule has 20 heavy (non-hydrogen) atoms. The number of hydrogen-bond donors (Lipinski definition) is 1. The van der Waals surface area contributed by atoms with Crippen LogP contribution < -0.4 is 5.32 Å². The normalized spacial score (nSPS) is 29.5. The molecular weight excluding hydrogens is 269 g/mol. The number of nitrogens with one attached hydrogen (secondary N) is 1. The van der Waals surface area contributed by atoms with E-state index in [1.165, 1.54) is 0 Å².